The smallest absolute Gasteiger partial charge is 0.252 e. The standard InChI is InChI=1S/C18H16FN5O/c1-10-14-6-12(9-22-17(14)24-23-10)18(25)20-5-4-11-8-21-16-3-2-13(19)7-15(11)16/h2-3,6-9,21H,4-5H2,1H3,(H,20,25)(H,22,23,24). The molecule has 3 N–H and O–H groups in total. The summed E-state index contributed by atoms with van der Waals surface area (Å²) >= 11 is 0. The van der Waals surface area contributed by atoms with Crippen molar-refractivity contribution >= 4 is 27.8 Å². The number of benzene rings is 1. The van der Waals surface area contributed by atoms with Gasteiger partial charge in [0.25, 0.3) is 5.91 Å². The number of halogens is 1. The number of carbonyl (C=O) groups excluding carboxylic acids is 1. The Kier molecular flexibility index (Phi) is 3.68. The Bertz CT molecular complexity index is 1080. The van der Waals surface area contributed by atoms with Crippen LogP contribution in [0, 0.1) is 12.7 Å². The SMILES string of the molecule is Cc1[nH]nc2ncc(C(=O)NCCc3c[nH]c4ccc(F)cc34)cc12. The number of hydrogen-bond donors (Lipinski definition) is 3. The van der Waals surface area contributed by atoms with Crippen molar-refractivity contribution in [2.75, 3.05) is 6.54 Å². The van der Waals surface area contributed by atoms with E-state index >= 15 is 0 Å². The van der Waals surface area contributed by atoms with Gasteiger partial charge in [-0.05, 0) is 43.2 Å². The lowest BCUT2D eigenvalue weighted by Gasteiger charge is -2.05. The summed E-state index contributed by atoms with van der Waals surface area (Å²) in [6, 6.07) is 6.41. The number of aromatic amines is 2. The minimum Gasteiger partial charge on any atom is -0.361 e. The van der Waals surface area contributed by atoms with Gasteiger partial charge in [0.1, 0.15) is 5.82 Å². The predicted octanol–water partition coefficient (Wildman–Crippen LogP) is 2.86. The summed E-state index contributed by atoms with van der Waals surface area (Å²) in [4.78, 5) is 19.6. The molecule has 0 unspecified atom stereocenters. The third-order valence-electron chi connectivity index (χ3n) is 4.27. The van der Waals surface area contributed by atoms with E-state index in [9.17, 15) is 9.18 Å². The van der Waals surface area contributed by atoms with Gasteiger partial charge in [-0.1, -0.05) is 0 Å². The van der Waals surface area contributed by atoms with Crippen LogP contribution < -0.4 is 5.32 Å². The number of nitrogens with one attached hydrogen (secondary N) is 3. The quantitative estimate of drug-likeness (QED) is 0.535. The van der Waals surface area contributed by atoms with Crippen LogP contribution in [0.25, 0.3) is 21.9 Å². The van der Waals surface area contributed by atoms with Crippen LogP contribution in [-0.2, 0) is 6.42 Å². The average Bonchev–Trinajstić information content (AvgIpc) is 3.18. The summed E-state index contributed by atoms with van der Waals surface area (Å²) in [5, 5.41) is 11.4. The molecule has 7 heteroatoms. The van der Waals surface area contributed by atoms with Crippen molar-refractivity contribution in [2.24, 2.45) is 0 Å². The van der Waals surface area contributed by atoms with Crippen molar-refractivity contribution in [3.63, 3.8) is 0 Å². The lowest BCUT2D eigenvalue weighted by molar-refractivity contribution is 0.0954. The number of amides is 1. The summed E-state index contributed by atoms with van der Waals surface area (Å²) in [6.45, 7) is 2.33. The van der Waals surface area contributed by atoms with Crippen LogP contribution >= 0.6 is 0 Å². The monoisotopic (exact) mass is 337 g/mol. The number of aromatic nitrogens is 4. The van der Waals surface area contributed by atoms with E-state index in [2.05, 4.69) is 25.5 Å². The van der Waals surface area contributed by atoms with Crippen molar-refractivity contribution in [3.8, 4) is 0 Å². The van der Waals surface area contributed by atoms with Crippen LogP contribution in [0.3, 0.4) is 0 Å². The van der Waals surface area contributed by atoms with Crippen LogP contribution in [0.15, 0.2) is 36.7 Å². The molecule has 0 fully saturated rings. The van der Waals surface area contributed by atoms with Gasteiger partial charge in [0.05, 0.1) is 5.56 Å². The van der Waals surface area contributed by atoms with Crippen molar-refractivity contribution in [1.29, 1.82) is 0 Å². The molecule has 3 heterocycles. The van der Waals surface area contributed by atoms with E-state index in [1.807, 2.05) is 13.1 Å². The summed E-state index contributed by atoms with van der Waals surface area (Å²) in [6.07, 6.45) is 3.97. The van der Waals surface area contributed by atoms with Crippen LogP contribution in [0.5, 0.6) is 0 Å². The van der Waals surface area contributed by atoms with E-state index < -0.39 is 0 Å². The first kappa shape index (κ1) is 15.3. The molecule has 25 heavy (non-hydrogen) atoms. The number of hydrogen-bond acceptors (Lipinski definition) is 3. The van der Waals surface area contributed by atoms with Gasteiger partial charge >= 0.3 is 0 Å². The van der Waals surface area contributed by atoms with Gasteiger partial charge in [0, 0.05) is 40.9 Å². The Morgan fingerprint density at radius 1 is 1.28 bits per heavy atom. The van der Waals surface area contributed by atoms with E-state index in [1.165, 1.54) is 18.3 Å². The Labute approximate surface area is 142 Å². The van der Waals surface area contributed by atoms with Crippen molar-refractivity contribution in [2.45, 2.75) is 13.3 Å². The minimum absolute atomic E-state index is 0.193. The number of pyridine rings is 1. The molecule has 0 atom stereocenters. The second-order valence-corrected chi connectivity index (χ2v) is 5.95. The first-order chi connectivity index (χ1) is 12.1. The van der Waals surface area contributed by atoms with Crippen LogP contribution in [0.4, 0.5) is 4.39 Å². The van der Waals surface area contributed by atoms with E-state index in [-0.39, 0.29) is 11.7 Å². The zero-order valence-corrected chi connectivity index (χ0v) is 13.6. The van der Waals surface area contributed by atoms with E-state index in [0.29, 0.717) is 24.2 Å². The van der Waals surface area contributed by atoms with Crippen LogP contribution in [0.1, 0.15) is 21.6 Å². The summed E-state index contributed by atoms with van der Waals surface area (Å²) < 4.78 is 13.4. The molecule has 0 spiro atoms. The fourth-order valence-electron chi connectivity index (χ4n) is 2.91. The maximum Gasteiger partial charge on any atom is 0.252 e. The number of nitrogens with zero attached hydrogens (tertiary/aromatic N) is 2. The molecule has 4 aromatic rings. The molecule has 0 radical (unpaired) electrons. The largest absolute Gasteiger partial charge is 0.361 e. The molecule has 3 aromatic heterocycles. The molecule has 1 amide bonds. The second-order valence-electron chi connectivity index (χ2n) is 5.95. The zero-order chi connectivity index (χ0) is 17.4. The molecular formula is C18H16FN5O. The van der Waals surface area contributed by atoms with Crippen molar-refractivity contribution in [3.05, 3.63) is 59.3 Å². The van der Waals surface area contributed by atoms with Crippen molar-refractivity contribution < 1.29 is 9.18 Å². The summed E-state index contributed by atoms with van der Waals surface area (Å²) in [7, 11) is 0. The molecule has 0 aliphatic carbocycles. The van der Waals surface area contributed by atoms with Crippen LogP contribution in [-0.4, -0.2) is 32.6 Å². The lowest BCUT2D eigenvalue weighted by Crippen LogP contribution is -2.25. The van der Waals surface area contributed by atoms with Gasteiger partial charge in [-0.3, -0.25) is 9.89 Å². The maximum absolute atomic E-state index is 13.4. The first-order valence-corrected chi connectivity index (χ1v) is 7.96. The van der Waals surface area contributed by atoms with Gasteiger partial charge in [-0.2, -0.15) is 5.10 Å². The minimum atomic E-state index is -0.271. The van der Waals surface area contributed by atoms with E-state index in [4.69, 9.17) is 0 Å². The lowest BCUT2D eigenvalue weighted by atomic mass is 10.1. The molecule has 1 aromatic carbocycles. The van der Waals surface area contributed by atoms with E-state index in [0.717, 1.165) is 27.5 Å². The van der Waals surface area contributed by atoms with Gasteiger partial charge < -0.3 is 10.3 Å². The third kappa shape index (κ3) is 2.84. The highest BCUT2D eigenvalue weighted by atomic mass is 19.1. The highest BCUT2D eigenvalue weighted by molar-refractivity contribution is 5.97. The molecule has 4 rings (SSSR count). The van der Waals surface area contributed by atoms with Gasteiger partial charge in [-0.15, -0.1) is 0 Å². The van der Waals surface area contributed by atoms with Gasteiger partial charge in [0.15, 0.2) is 5.65 Å². The van der Waals surface area contributed by atoms with Crippen LogP contribution in [0.2, 0.25) is 0 Å². The Balaban J connectivity index is 1.45. The number of carbonyl (C=O) groups is 1. The predicted molar refractivity (Wildman–Crippen MR) is 92.9 cm³/mol. The molecule has 0 aliphatic heterocycles. The molecule has 0 saturated heterocycles. The number of rotatable bonds is 4. The van der Waals surface area contributed by atoms with Crippen molar-refractivity contribution in [1.82, 2.24) is 25.5 Å². The highest BCUT2D eigenvalue weighted by Crippen LogP contribution is 2.19. The number of aryl methyl sites for hydroxylation is 1. The highest BCUT2D eigenvalue weighted by Gasteiger charge is 2.11. The normalized spacial score (nSPS) is 11.3. The molecule has 6 nitrogen and oxygen atoms in total. The Hall–Kier alpha value is -3.22. The second kappa shape index (κ2) is 6.01. The molecule has 0 aliphatic rings. The Morgan fingerprint density at radius 3 is 3.04 bits per heavy atom. The number of H-pyrrole nitrogens is 2. The third-order valence-corrected chi connectivity index (χ3v) is 4.27. The summed E-state index contributed by atoms with van der Waals surface area (Å²) in [5.74, 6) is -0.465. The van der Waals surface area contributed by atoms with E-state index in [1.54, 1.807) is 12.1 Å². The molecule has 0 bridgehead atoms. The molecule has 0 saturated carbocycles. The average molecular weight is 337 g/mol. The van der Waals surface area contributed by atoms with Gasteiger partial charge in [0.2, 0.25) is 0 Å². The summed E-state index contributed by atoms with van der Waals surface area (Å²) in [5.41, 5.74) is 3.80. The molecular weight excluding hydrogens is 321 g/mol. The maximum atomic E-state index is 13.4. The first-order valence-electron chi connectivity index (χ1n) is 7.96. The Morgan fingerprint density at radius 2 is 2.16 bits per heavy atom. The van der Waals surface area contributed by atoms with Gasteiger partial charge in [-0.25, -0.2) is 9.37 Å². The fourth-order valence-corrected chi connectivity index (χ4v) is 2.91. The zero-order valence-electron chi connectivity index (χ0n) is 13.6. The fraction of sp³-hybridized carbons (Fsp3) is 0.167. The number of fused-ring (bicyclic) bond motifs is 2. The molecule has 126 valence electrons. The topological polar surface area (TPSA) is 86.5 Å².